The molecule has 2 aromatic carbocycles. The van der Waals surface area contributed by atoms with Gasteiger partial charge in [0.1, 0.15) is 18.9 Å². The van der Waals surface area contributed by atoms with Gasteiger partial charge in [-0.15, -0.1) is 10.2 Å². The molecular formula is C22H23ClFN3O6S. The number of ether oxygens (including phenoxy) is 3. The molecule has 1 aliphatic rings. The number of para-hydroxylation sites is 1. The first-order chi connectivity index (χ1) is 16.3. The number of nitrogens with zero attached hydrogens (tertiary/aromatic N) is 3. The van der Waals surface area contributed by atoms with Gasteiger partial charge in [0.15, 0.2) is 23.1 Å². The molecule has 0 amide bonds. The molecule has 1 aromatic heterocycles. The van der Waals surface area contributed by atoms with Crippen LogP contribution in [0.3, 0.4) is 0 Å². The monoisotopic (exact) mass is 511 g/mol. The Morgan fingerprint density at radius 3 is 2.62 bits per heavy atom. The highest BCUT2D eigenvalue weighted by Crippen LogP contribution is 2.46. The van der Waals surface area contributed by atoms with Gasteiger partial charge in [0, 0.05) is 22.6 Å². The number of benzene rings is 2. The van der Waals surface area contributed by atoms with Crippen LogP contribution in [0.4, 0.5) is 4.39 Å². The van der Waals surface area contributed by atoms with E-state index in [2.05, 4.69) is 10.2 Å². The van der Waals surface area contributed by atoms with Crippen molar-refractivity contribution in [3.63, 3.8) is 0 Å². The zero-order valence-corrected chi connectivity index (χ0v) is 20.3. The van der Waals surface area contributed by atoms with Crippen LogP contribution in [0.15, 0.2) is 36.4 Å². The summed E-state index contributed by atoms with van der Waals surface area (Å²) in [5, 5.41) is 8.58. The molecule has 2 heterocycles. The summed E-state index contributed by atoms with van der Waals surface area (Å²) in [5.74, 6) is 1.35. The van der Waals surface area contributed by atoms with Gasteiger partial charge in [-0.05, 0) is 24.3 Å². The molecule has 0 fully saturated rings. The summed E-state index contributed by atoms with van der Waals surface area (Å²) in [4.78, 5) is 0. The van der Waals surface area contributed by atoms with E-state index >= 15 is 0 Å². The van der Waals surface area contributed by atoms with E-state index < -0.39 is 29.0 Å². The van der Waals surface area contributed by atoms with E-state index in [0.29, 0.717) is 39.2 Å². The van der Waals surface area contributed by atoms with Gasteiger partial charge in [0.25, 0.3) is 10.1 Å². The highest BCUT2D eigenvalue weighted by Gasteiger charge is 2.35. The predicted molar refractivity (Wildman–Crippen MR) is 122 cm³/mol. The molecule has 0 saturated heterocycles. The van der Waals surface area contributed by atoms with Crippen LogP contribution in [-0.2, 0) is 25.7 Å². The first-order valence-electron chi connectivity index (χ1n) is 10.3. The number of hydrogen-bond acceptors (Lipinski definition) is 8. The van der Waals surface area contributed by atoms with E-state index in [1.165, 1.54) is 14.2 Å². The lowest BCUT2D eigenvalue weighted by Gasteiger charge is -2.25. The molecule has 9 nitrogen and oxygen atoms in total. The largest absolute Gasteiger partial charge is 0.493 e. The molecule has 2 unspecified atom stereocenters. The van der Waals surface area contributed by atoms with Crippen molar-refractivity contribution in [1.82, 2.24) is 14.8 Å². The van der Waals surface area contributed by atoms with Crippen molar-refractivity contribution in [3.05, 3.63) is 64.2 Å². The fourth-order valence-corrected chi connectivity index (χ4v) is 4.57. The predicted octanol–water partition coefficient (Wildman–Crippen LogP) is 3.93. The first-order valence-corrected chi connectivity index (χ1v) is 12.5. The minimum atomic E-state index is -3.67. The third-order valence-electron chi connectivity index (χ3n) is 5.37. The third-order valence-corrected chi connectivity index (χ3v) is 6.20. The van der Waals surface area contributed by atoms with Gasteiger partial charge >= 0.3 is 0 Å². The molecule has 1 aliphatic heterocycles. The number of aromatic nitrogens is 3. The lowest BCUT2D eigenvalue weighted by Crippen LogP contribution is -2.15. The van der Waals surface area contributed by atoms with E-state index in [4.69, 9.17) is 30.0 Å². The molecule has 0 bridgehead atoms. The second kappa shape index (κ2) is 9.87. The summed E-state index contributed by atoms with van der Waals surface area (Å²) < 4.78 is 61.0. The van der Waals surface area contributed by atoms with E-state index in [-0.39, 0.29) is 18.9 Å². The van der Waals surface area contributed by atoms with Crippen LogP contribution < -0.4 is 9.47 Å². The Labute approximate surface area is 201 Å². The quantitative estimate of drug-likeness (QED) is 0.419. The van der Waals surface area contributed by atoms with Crippen molar-refractivity contribution in [2.24, 2.45) is 0 Å². The van der Waals surface area contributed by atoms with Gasteiger partial charge < -0.3 is 14.2 Å². The molecular weight excluding hydrogens is 489 g/mol. The van der Waals surface area contributed by atoms with Crippen molar-refractivity contribution in [2.45, 2.75) is 25.3 Å². The third kappa shape index (κ3) is 4.74. The maximum atomic E-state index is 13.9. The van der Waals surface area contributed by atoms with Crippen LogP contribution in [-0.4, -0.2) is 50.3 Å². The number of methoxy groups -OCH3 is 2. The Morgan fingerprint density at radius 2 is 1.94 bits per heavy atom. The van der Waals surface area contributed by atoms with Crippen LogP contribution in [0.2, 0.25) is 5.02 Å². The summed E-state index contributed by atoms with van der Waals surface area (Å²) in [6.07, 6.45) is -0.452. The van der Waals surface area contributed by atoms with Crippen LogP contribution in [0, 0.1) is 0 Å². The van der Waals surface area contributed by atoms with E-state index in [1.54, 1.807) is 34.9 Å². The molecule has 3 aromatic rings. The summed E-state index contributed by atoms with van der Waals surface area (Å²) >= 11 is 6.35. The van der Waals surface area contributed by atoms with Gasteiger partial charge in [-0.1, -0.05) is 23.7 Å². The molecule has 0 N–H and O–H groups in total. The number of alkyl halides is 1. The summed E-state index contributed by atoms with van der Waals surface area (Å²) in [7, 11) is -0.621. The zero-order valence-electron chi connectivity index (χ0n) is 18.7. The molecule has 0 radical (unpaired) electrons. The Bertz CT molecular complexity index is 1300. The highest BCUT2D eigenvalue weighted by molar-refractivity contribution is 7.85. The maximum Gasteiger partial charge on any atom is 0.264 e. The fourth-order valence-electron chi connectivity index (χ4n) is 3.99. The van der Waals surface area contributed by atoms with Crippen molar-refractivity contribution in [1.29, 1.82) is 0 Å². The van der Waals surface area contributed by atoms with Crippen LogP contribution in [0.5, 0.6) is 11.5 Å². The van der Waals surface area contributed by atoms with E-state index in [1.807, 2.05) is 6.07 Å². The molecule has 2 atom stereocenters. The number of rotatable bonds is 8. The summed E-state index contributed by atoms with van der Waals surface area (Å²) in [6, 6.07) is 10.5. The van der Waals surface area contributed by atoms with Crippen molar-refractivity contribution < 1.29 is 31.2 Å². The van der Waals surface area contributed by atoms with E-state index in [9.17, 15) is 12.8 Å². The number of fused-ring (bicyclic) bond motifs is 3. The molecule has 0 aliphatic carbocycles. The van der Waals surface area contributed by atoms with Crippen molar-refractivity contribution in [2.75, 3.05) is 27.1 Å². The highest BCUT2D eigenvalue weighted by atomic mass is 35.5. The Hall–Kier alpha value is -2.73. The maximum absolute atomic E-state index is 13.9. The van der Waals surface area contributed by atoms with Crippen LogP contribution in [0.1, 0.15) is 41.4 Å². The average molecular weight is 512 g/mol. The minimum absolute atomic E-state index is 0.0782. The van der Waals surface area contributed by atoms with Gasteiger partial charge in [-0.3, -0.25) is 8.75 Å². The van der Waals surface area contributed by atoms with E-state index in [0.717, 1.165) is 6.26 Å². The van der Waals surface area contributed by atoms with Crippen LogP contribution in [0.25, 0.3) is 5.69 Å². The van der Waals surface area contributed by atoms with Gasteiger partial charge in [0.05, 0.1) is 32.8 Å². The molecule has 0 spiro atoms. The lowest BCUT2D eigenvalue weighted by atomic mass is 9.98. The molecule has 0 saturated carbocycles. The van der Waals surface area contributed by atoms with Gasteiger partial charge in [-0.25, -0.2) is 4.39 Å². The molecule has 4 rings (SSSR count). The minimum Gasteiger partial charge on any atom is -0.493 e. The van der Waals surface area contributed by atoms with Crippen molar-refractivity contribution >= 4 is 21.7 Å². The molecule has 34 heavy (non-hydrogen) atoms. The van der Waals surface area contributed by atoms with Crippen molar-refractivity contribution in [3.8, 4) is 17.2 Å². The normalized spacial score (nSPS) is 17.6. The lowest BCUT2D eigenvalue weighted by molar-refractivity contribution is -0.00770. The Morgan fingerprint density at radius 1 is 1.15 bits per heavy atom. The number of halogens is 2. The second-order valence-corrected chi connectivity index (χ2v) is 9.63. The molecule has 12 heteroatoms. The molecule has 182 valence electrons. The Kier molecular flexibility index (Phi) is 7.08. The zero-order chi connectivity index (χ0) is 24.5. The number of hydrogen-bond donors (Lipinski definition) is 0. The smallest absolute Gasteiger partial charge is 0.264 e. The standard InChI is InChI=1S/C22H23ClFN3O6S/c1-30-17-6-4-5-14(21(17)31-2)20-15-11-13(23)7-8-16(15)27-19(12-24)25-26-22(27)18(33-20)9-10-32-34(3,28)29/h4-8,11,18,20H,9-10,12H2,1-3H3. The van der Waals surface area contributed by atoms with Crippen LogP contribution >= 0.6 is 11.6 Å². The fraction of sp³-hybridized carbons (Fsp3) is 0.364. The average Bonchev–Trinajstić information content (AvgIpc) is 3.18. The van der Waals surface area contributed by atoms with Gasteiger partial charge in [-0.2, -0.15) is 8.42 Å². The topological polar surface area (TPSA) is 102 Å². The first kappa shape index (κ1) is 24.4. The summed E-state index contributed by atoms with van der Waals surface area (Å²) in [6.45, 7) is -1.03. The Balaban J connectivity index is 1.90. The SMILES string of the molecule is COc1cccc(C2OC(CCOS(C)(=O)=O)c3nnc(CF)n3-c3ccc(Cl)cc32)c1OC. The van der Waals surface area contributed by atoms with Gasteiger partial charge in [0.2, 0.25) is 0 Å². The summed E-state index contributed by atoms with van der Waals surface area (Å²) in [5.41, 5.74) is 1.85. The second-order valence-electron chi connectivity index (χ2n) is 7.55.